The number of aryl methyl sites for hydroxylation is 1. The summed E-state index contributed by atoms with van der Waals surface area (Å²) in [6, 6.07) is 4.23. The van der Waals surface area contributed by atoms with E-state index in [9.17, 15) is 0 Å². The molecule has 5 nitrogen and oxygen atoms in total. The molecule has 0 bridgehead atoms. The Balaban J connectivity index is 2.09. The maximum atomic E-state index is 5.36. The lowest BCUT2D eigenvalue weighted by Gasteiger charge is -2.09. The lowest BCUT2D eigenvalue weighted by molar-refractivity contribution is 1.06. The lowest BCUT2D eigenvalue weighted by Crippen LogP contribution is -2.12. The summed E-state index contributed by atoms with van der Waals surface area (Å²) in [7, 11) is 0. The summed E-state index contributed by atoms with van der Waals surface area (Å²) >= 11 is 1.78. The van der Waals surface area contributed by atoms with Crippen LogP contribution in [0.4, 0.5) is 11.6 Å². The van der Waals surface area contributed by atoms with Crippen LogP contribution >= 0.6 is 11.3 Å². The minimum Gasteiger partial charge on any atom is -0.365 e. The highest BCUT2D eigenvalue weighted by atomic mass is 32.1. The number of nitrogens with two attached hydrogens (primary N) is 1. The molecule has 0 radical (unpaired) electrons. The van der Waals surface area contributed by atoms with Crippen molar-refractivity contribution in [2.24, 2.45) is 5.84 Å². The normalized spacial score (nSPS) is 10.3. The molecular formula is C11H15N5S. The molecule has 17 heavy (non-hydrogen) atoms. The van der Waals surface area contributed by atoms with Crippen LogP contribution in [0.5, 0.6) is 0 Å². The number of nitrogens with one attached hydrogen (secondary N) is 2. The Morgan fingerprint density at radius 3 is 2.65 bits per heavy atom. The van der Waals surface area contributed by atoms with Gasteiger partial charge >= 0.3 is 0 Å². The van der Waals surface area contributed by atoms with Gasteiger partial charge in [-0.05, 0) is 26.0 Å². The van der Waals surface area contributed by atoms with Gasteiger partial charge in [-0.2, -0.15) is 0 Å². The van der Waals surface area contributed by atoms with Gasteiger partial charge in [0.25, 0.3) is 0 Å². The van der Waals surface area contributed by atoms with Crippen molar-refractivity contribution < 1.29 is 0 Å². The van der Waals surface area contributed by atoms with Crippen molar-refractivity contribution in [1.29, 1.82) is 0 Å². The minimum atomic E-state index is 0.643. The van der Waals surface area contributed by atoms with Crippen LogP contribution in [0.25, 0.3) is 0 Å². The maximum absolute atomic E-state index is 5.36. The first kappa shape index (κ1) is 11.8. The number of thiophene rings is 1. The second-order valence-electron chi connectivity index (χ2n) is 3.71. The van der Waals surface area contributed by atoms with Gasteiger partial charge < -0.3 is 10.7 Å². The molecule has 0 saturated heterocycles. The molecule has 0 aliphatic carbocycles. The summed E-state index contributed by atoms with van der Waals surface area (Å²) < 4.78 is 0. The summed E-state index contributed by atoms with van der Waals surface area (Å²) in [6.45, 7) is 4.79. The van der Waals surface area contributed by atoms with E-state index in [1.54, 1.807) is 11.3 Å². The predicted molar refractivity (Wildman–Crippen MR) is 71.0 cm³/mol. The van der Waals surface area contributed by atoms with Crippen molar-refractivity contribution in [2.75, 3.05) is 10.7 Å². The summed E-state index contributed by atoms with van der Waals surface area (Å²) in [5, 5.41) is 3.28. The van der Waals surface area contributed by atoms with Gasteiger partial charge in [-0.1, -0.05) is 0 Å². The molecule has 0 amide bonds. The zero-order valence-electron chi connectivity index (χ0n) is 9.82. The first-order valence-corrected chi connectivity index (χ1v) is 6.09. The molecule has 0 atom stereocenters. The lowest BCUT2D eigenvalue weighted by atomic mass is 10.3. The van der Waals surface area contributed by atoms with Crippen LogP contribution in [0.2, 0.25) is 0 Å². The van der Waals surface area contributed by atoms with Crippen molar-refractivity contribution in [2.45, 2.75) is 20.4 Å². The topological polar surface area (TPSA) is 75.9 Å². The largest absolute Gasteiger partial charge is 0.365 e. The Kier molecular flexibility index (Phi) is 3.55. The Bertz CT molecular complexity index is 508. The van der Waals surface area contributed by atoms with Gasteiger partial charge in [-0.3, -0.25) is 0 Å². The molecule has 0 aliphatic heterocycles. The number of rotatable bonds is 4. The van der Waals surface area contributed by atoms with Crippen LogP contribution in [-0.4, -0.2) is 9.97 Å². The molecule has 2 aromatic rings. The number of nitrogen functional groups attached to an aromatic ring is 1. The van der Waals surface area contributed by atoms with Gasteiger partial charge in [0, 0.05) is 15.3 Å². The van der Waals surface area contributed by atoms with Crippen LogP contribution in [0, 0.1) is 13.8 Å². The van der Waals surface area contributed by atoms with E-state index >= 15 is 0 Å². The van der Waals surface area contributed by atoms with Crippen molar-refractivity contribution in [3.63, 3.8) is 0 Å². The third kappa shape index (κ3) is 2.72. The number of hydrogen-bond acceptors (Lipinski definition) is 6. The van der Waals surface area contributed by atoms with Crippen LogP contribution in [0.1, 0.15) is 15.3 Å². The predicted octanol–water partition coefficient (Wildman–Crippen LogP) is 2.05. The monoisotopic (exact) mass is 249 g/mol. The second-order valence-corrected chi connectivity index (χ2v) is 5.08. The number of aromatic nitrogens is 2. The van der Waals surface area contributed by atoms with Gasteiger partial charge in [-0.15, -0.1) is 11.3 Å². The van der Waals surface area contributed by atoms with Gasteiger partial charge in [0.1, 0.15) is 18.0 Å². The first-order chi connectivity index (χ1) is 8.20. The molecule has 2 rings (SSSR count). The van der Waals surface area contributed by atoms with E-state index in [-0.39, 0.29) is 0 Å². The summed E-state index contributed by atoms with van der Waals surface area (Å²) in [4.78, 5) is 10.8. The fourth-order valence-corrected chi connectivity index (χ4v) is 2.35. The average molecular weight is 249 g/mol. The zero-order valence-corrected chi connectivity index (χ0v) is 10.6. The van der Waals surface area contributed by atoms with Gasteiger partial charge in [0.2, 0.25) is 0 Å². The first-order valence-electron chi connectivity index (χ1n) is 5.28. The van der Waals surface area contributed by atoms with Crippen LogP contribution in [-0.2, 0) is 6.54 Å². The molecule has 2 aromatic heterocycles. The third-order valence-corrected chi connectivity index (χ3v) is 3.45. The van der Waals surface area contributed by atoms with Crippen LogP contribution < -0.4 is 16.6 Å². The highest BCUT2D eigenvalue weighted by Gasteiger charge is 2.05. The Morgan fingerprint density at radius 1 is 1.24 bits per heavy atom. The van der Waals surface area contributed by atoms with E-state index in [1.807, 2.05) is 6.92 Å². The van der Waals surface area contributed by atoms with E-state index in [0.29, 0.717) is 5.82 Å². The van der Waals surface area contributed by atoms with E-state index in [1.165, 1.54) is 16.1 Å². The number of nitrogens with zero attached hydrogens (tertiary/aromatic N) is 2. The maximum Gasteiger partial charge on any atom is 0.148 e. The minimum absolute atomic E-state index is 0.643. The Morgan fingerprint density at radius 2 is 2.00 bits per heavy atom. The fourth-order valence-electron chi connectivity index (χ4n) is 1.52. The van der Waals surface area contributed by atoms with E-state index < -0.39 is 0 Å². The zero-order chi connectivity index (χ0) is 12.3. The second kappa shape index (κ2) is 5.11. The molecule has 0 aromatic carbocycles. The molecule has 2 heterocycles. The van der Waals surface area contributed by atoms with Crippen LogP contribution in [0.3, 0.4) is 0 Å². The number of hydrogen-bond donors (Lipinski definition) is 3. The van der Waals surface area contributed by atoms with Gasteiger partial charge in [-0.25, -0.2) is 15.8 Å². The Hall–Kier alpha value is -1.66. The Labute approximate surface area is 104 Å². The molecule has 90 valence electrons. The number of anilines is 2. The molecule has 4 N–H and O–H groups in total. The summed E-state index contributed by atoms with van der Waals surface area (Å²) in [6.07, 6.45) is 1.49. The van der Waals surface area contributed by atoms with Crippen molar-refractivity contribution in [1.82, 2.24) is 9.97 Å². The smallest absolute Gasteiger partial charge is 0.148 e. The quantitative estimate of drug-likeness (QED) is 0.571. The van der Waals surface area contributed by atoms with Crippen molar-refractivity contribution >= 4 is 23.0 Å². The highest BCUT2D eigenvalue weighted by Crippen LogP contribution is 2.20. The highest BCUT2D eigenvalue weighted by molar-refractivity contribution is 7.11. The van der Waals surface area contributed by atoms with Crippen LogP contribution in [0.15, 0.2) is 18.5 Å². The summed E-state index contributed by atoms with van der Waals surface area (Å²) in [5.41, 5.74) is 3.47. The van der Waals surface area contributed by atoms with Gasteiger partial charge in [0.15, 0.2) is 0 Å². The SMILES string of the molecule is Cc1ccc(CNc2ncnc(NN)c2C)s1. The fraction of sp³-hybridized carbons (Fsp3) is 0.273. The number of hydrazine groups is 1. The molecule has 0 fully saturated rings. The van der Waals surface area contributed by atoms with Crippen molar-refractivity contribution in [3.05, 3.63) is 33.8 Å². The molecular weight excluding hydrogens is 234 g/mol. The average Bonchev–Trinajstić information content (AvgIpc) is 2.74. The van der Waals surface area contributed by atoms with Gasteiger partial charge in [0.05, 0.1) is 6.54 Å². The van der Waals surface area contributed by atoms with E-state index in [0.717, 1.165) is 17.9 Å². The molecule has 0 unspecified atom stereocenters. The standard InChI is InChI=1S/C11H15N5S/c1-7-3-4-9(17-7)5-13-10-8(2)11(16-12)15-6-14-10/h3-4,6H,5,12H2,1-2H3,(H2,13,14,15,16). The van der Waals surface area contributed by atoms with Crippen molar-refractivity contribution in [3.8, 4) is 0 Å². The van der Waals surface area contributed by atoms with E-state index in [4.69, 9.17) is 5.84 Å². The summed E-state index contributed by atoms with van der Waals surface area (Å²) in [5.74, 6) is 6.81. The third-order valence-electron chi connectivity index (χ3n) is 2.45. The molecule has 6 heteroatoms. The molecule has 0 aliphatic rings. The molecule has 0 saturated carbocycles. The molecule has 0 spiro atoms. The van der Waals surface area contributed by atoms with E-state index in [2.05, 4.69) is 39.8 Å².